The molecule has 1 fully saturated rings. The molecule has 0 radical (unpaired) electrons. The standard InChI is InChI=1S/C22H27NO4/c1-3-21(16-9-11-18(25-2)12-10-16)23-22(24)17-6-4-7-19(14-17)27-15-20-8-5-13-26-20/h4,6-7,9-12,14,20-21H,3,5,8,13,15H2,1-2H3,(H,23,24). The van der Waals surface area contributed by atoms with Crippen LogP contribution in [0.3, 0.4) is 0 Å². The van der Waals surface area contributed by atoms with Crippen molar-refractivity contribution >= 4 is 5.91 Å². The van der Waals surface area contributed by atoms with Gasteiger partial charge >= 0.3 is 0 Å². The van der Waals surface area contributed by atoms with Crippen LogP contribution >= 0.6 is 0 Å². The van der Waals surface area contributed by atoms with E-state index in [4.69, 9.17) is 14.2 Å². The van der Waals surface area contributed by atoms with Crippen LogP contribution in [0, 0.1) is 0 Å². The fourth-order valence-electron chi connectivity index (χ4n) is 3.19. The summed E-state index contributed by atoms with van der Waals surface area (Å²) in [6, 6.07) is 15.0. The van der Waals surface area contributed by atoms with E-state index in [9.17, 15) is 4.79 Å². The van der Waals surface area contributed by atoms with Crippen LogP contribution in [0.5, 0.6) is 11.5 Å². The molecule has 2 aromatic carbocycles. The first-order chi connectivity index (χ1) is 13.2. The molecule has 2 atom stereocenters. The van der Waals surface area contributed by atoms with Crippen molar-refractivity contribution < 1.29 is 19.0 Å². The van der Waals surface area contributed by atoms with Crippen LogP contribution in [0.4, 0.5) is 0 Å². The fraction of sp³-hybridized carbons (Fsp3) is 0.409. The number of carbonyl (C=O) groups excluding carboxylic acids is 1. The Labute approximate surface area is 160 Å². The first kappa shape index (κ1) is 19.2. The number of ether oxygens (including phenoxy) is 3. The number of hydrogen-bond donors (Lipinski definition) is 1. The van der Waals surface area contributed by atoms with Gasteiger partial charge in [-0.05, 0) is 55.2 Å². The number of carbonyl (C=O) groups is 1. The number of methoxy groups -OCH3 is 1. The lowest BCUT2D eigenvalue weighted by Crippen LogP contribution is -2.28. The SMILES string of the molecule is CCC(NC(=O)c1cccc(OCC2CCCO2)c1)c1ccc(OC)cc1. The quantitative estimate of drug-likeness (QED) is 0.760. The van der Waals surface area contributed by atoms with Gasteiger partial charge in [-0.25, -0.2) is 0 Å². The Hall–Kier alpha value is -2.53. The molecule has 2 unspecified atom stereocenters. The third kappa shape index (κ3) is 5.23. The van der Waals surface area contributed by atoms with E-state index < -0.39 is 0 Å². The molecule has 2 aromatic rings. The second-order valence-electron chi connectivity index (χ2n) is 6.68. The summed E-state index contributed by atoms with van der Waals surface area (Å²) >= 11 is 0. The molecular formula is C22H27NO4. The normalized spacial score (nSPS) is 17.3. The molecule has 0 saturated carbocycles. The van der Waals surface area contributed by atoms with Gasteiger partial charge in [0.05, 0.1) is 19.3 Å². The molecule has 1 aliphatic rings. The van der Waals surface area contributed by atoms with Gasteiger partial charge in [0.2, 0.25) is 0 Å². The minimum atomic E-state index is -0.111. The van der Waals surface area contributed by atoms with Crippen LogP contribution in [-0.4, -0.2) is 32.3 Å². The zero-order chi connectivity index (χ0) is 19.1. The lowest BCUT2D eigenvalue weighted by Gasteiger charge is -2.18. The number of rotatable bonds is 8. The van der Waals surface area contributed by atoms with Gasteiger partial charge in [0.1, 0.15) is 18.1 Å². The number of benzene rings is 2. The molecule has 1 amide bonds. The Morgan fingerprint density at radius 2 is 2.04 bits per heavy atom. The molecular weight excluding hydrogens is 342 g/mol. The maximum absolute atomic E-state index is 12.7. The van der Waals surface area contributed by atoms with Crippen LogP contribution < -0.4 is 14.8 Å². The highest BCUT2D eigenvalue weighted by molar-refractivity contribution is 5.94. The predicted molar refractivity (Wildman–Crippen MR) is 104 cm³/mol. The van der Waals surface area contributed by atoms with E-state index in [0.29, 0.717) is 17.9 Å². The third-order valence-electron chi connectivity index (χ3n) is 4.79. The van der Waals surface area contributed by atoms with E-state index in [1.807, 2.05) is 36.4 Å². The average molecular weight is 369 g/mol. The molecule has 27 heavy (non-hydrogen) atoms. The van der Waals surface area contributed by atoms with Crippen molar-refractivity contribution in [2.45, 2.75) is 38.3 Å². The van der Waals surface area contributed by atoms with Gasteiger partial charge in [-0.3, -0.25) is 4.79 Å². The van der Waals surface area contributed by atoms with Crippen molar-refractivity contribution in [2.24, 2.45) is 0 Å². The lowest BCUT2D eigenvalue weighted by molar-refractivity contribution is 0.0679. The van der Waals surface area contributed by atoms with Crippen LogP contribution in [0.2, 0.25) is 0 Å². The van der Waals surface area contributed by atoms with E-state index in [2.05, 4.69) is 12.2 Å². The second kappa shape index (κ2) is 9.42. The third-order valence-corrected chi connectivity index (χ3v) is 4.79. The van der Waals surface area contributed by atoms with Gasteiger partial charge in [-0.2, -0.15) is 0 Å². The Kier molecular flexibility index (Phi) is 6.71. The first-order valence-electron chi connectivity index (χ1n) is 9.49. The molecule has 0 bridgehead atoms. The molecule has 3 rings (SSSR count). The van der Waals surface area contributed by atoms with Gasteiger partial charge in [0.15, 0.2) is 0 Å². The van der Waals surface area contributed by atoms with Crippen LogP contribution in [-0.2, 0) is 4.74 Å². The first-order valence-corrected chi connectivity index (χ1v) is 9.49. The summed E-state index contributed by atoms with van der Waals surface area (Å²) in [6.45, 7) is 3.38. The minimum absolute atomic E-state index is 0.0557. The number of hydrogen-bond acceptors (Lipinski definition) is 4. The fourth-order valence-corrected chi connectivity index (χ4v) is 3.19. The van der Waals surface area contributed by atoms with Crippen LogP contribution in [0.15, 0.2) is 48.5 Å². The second-order valence-corrected chi connectivity index (χ2v) is 6.68. The smallest absolute Gasteiger partial charge is 0.251 e. The molecule has 144 valence electrons. The van der Waals surface area contributed by atoms with Crippen molar-refractivity contribution in [3.8, 4) is 11.5 Å². The highest BCUT2D eigenvalue weighted by atomic mass is 16.5. The summed E-state index contributed by atoms with van der Waals surface area (Å²) in [4.78, 5) is 12.7. The Morgan fingerprint density at radius 3 is 2.70 bits per heavy atom. The molecule has 0 aromatic heterocycles. The van der Waals surface area contributed by atoms with E-state index >= 15 is 0 Å². The van der Waals surface area contributed by atoms with Crippen molar-refractivity contribution in [3.05, 3.63) is 59.7 Å². The summed E-state index contributed by atoms with van der Waals surface area (Å²) in [5, 5.41) is 3.10. The highest BCUT2D eigenvalue weighted by Crippen LogP contribution is 2.22. The van der Waals surface area contributed by atoms with E-state index in [1.165, 1.54) is 0 Å². The van der Waals surface area contributed by atoms with Gasteiger partial charge < -0.3 is 19.5 Å². The van der Waals surface area contributed by atoms with E-state index in [0.717, 1.165) is 37.2 Å². The zero-order valence-corrected chi connectivity index (χ0v) is 15.9. The van der Waals surface area contributed by atoms with Gasteiger partial charge in [-0.1, -0.05) is 25.1 Å². The summed E-state index contributed by atoms with van der Waals surface area (Å²) in [5.74, 6) is 1.38. The van der Waals surface area contributed by atoms with Crippen LogP contribution in [0.1, 0.15) is 48.1 Å². The van der Waals surface area contributed by atoms with Crippen molar-refractivity contribution in [1.29, 1.82) is 0 Å². The van der Waals surface area contributed by atoms with E-state index in [1.54, 1.807) is 19.2 Å². The van der Waals surface area contributed by atoms with Crippen molar-refractivity contribution in [3.63, 3.8) is 0 Å². The van der Waals surface area contributed by atoms with Gasteiger partial charge in [-0.15, -0.1) is 0 Å². The summed E-state index contributed by atoms with van der Waals surface area (Å²) < 4.78 is 16.6. The maximum Gasteiger partial charge on any atom is 0.251 e. The molecule has 1 saturated heterocycles. The van der Waals surface area contributed by atoms with E-state index in [-0.39, 0.29) is 18.1 Å². The monoisotopic (exact) mass is 369 g/mol. The number of amides is 1. The molecule has 0 spiro atoms. The lowest BCUT2D eigenvalue weighted by atomic mass is 10.0. The summed E-state index contributed by atoms with van der Waals surface area (Å²) in [7, 11) is 1.64. The largest absolute Gasteiger partial charge is 0.497 e. The van der Waals surface area contributed by atoms with Gasteiger partial charge in [0, 0.05) is 12.2 Å². The zero-order valence-electron chi connectivity index (χ0n) is 15.9. The predicted octanol–water partition coefficient (Wildman–Crippen LogP) is 4.13. The molecule has 1 aliphatic heterocycles. The summed E-state index contributed by atoms with van der Waals surface area (Å²) in [5.41, 5.74) is 1.64. The van der Waals surface area contributed by atoms with Crippen molar-refractivity contribution in [2.75, 3.05) is 20.3 Å². The Bertz CT molecular complexity index is 738. The Morgan fingerprint density at radius 1 is 1.22 bits per heavy atom. The highest BCUT2D eigenvalue weighted by Gasteiger charge is 2.17. The molecule has 1 N–H and O–H groups in total. The van der Waals surface area contributed by atoms with Crippen LogP contribution in [0.25, 0.3) is 0 Å². The molecule has 0 aliphatic carbocycles. The Balaban J connectivity index is 1.62. The topological polar surface area (TPSA) is 56.8 Å². The summed E-state index contributed by atoms with van der Waals surface area (Å²) in [6.07, 6.45) is 3.07. The van der Waals surface area contributed by atoms with Crippen molar-refractivity contribution in [1.82, 2.24) is 5.32 Å². The number of nitrogens with one attached hydrogen (secondary N) is 1. The maximum atomic E-state index is 12.7. The molecule has 5 heteroatoms. The average Bonchev–Trinajstić information content (AvgIpc) is 3.24. The molecule has 5 nitrogen and oxygen atoms in total. The van der Waals surface area contributed by atoms with Gasteiger partial charge in [0.25, 0.3) is 5.91 Å². The minimum Gasteiger partial charge on any atom is -0.497 e. The molecule has 1 heterocycles.